The molecule has 0 saturated carbocycles. The summed E-state index contributed by atoms with van der Waals surface area (Å²) in [6, 6.07) is 7.02. The minimum absolute atomic E-state index is 0.0390. The first-order valence-electron chi connectivity index (χ1n) is 7.99. The Bertz CT molecular complexity index is 880. The van der Waals surface area contributed by atoms with E-state index in [9.17, 15) is 21.6 Å². The van der Waals surface area contributed by atoms with Crippen molar-refractivity contribution in [2.45, 2.75) is 19.3 Å². The summed E-state index contributed by atoms with van der Waals surface area (Å²) in [5.41, 5.74) is -0.153. The number of alkyl halides is 3. The number of sulfonamides is 1. The summed E-state index contributed by atoms with van der Waals surface area (Å²) < 4.78 is 65.6. The molecular formula is C16H19F3N4O2S. The number of aromatic nitrogens is 2. The number of nitrogens with zero attached hydrogens (tertiary/aromatic N) is 3. The molecule has 2 aromatic rings. The number of hydrogen-bond donors (Lipinski definition) is 1. The van der Waals surface area contributed by atoms with Crippen LogP contribution in [0.1, 0.15) is 11.1 Å². The second-order valence-electron chi connectivity index (χ2n) is 6.44. The first-order chi connectivity index (χ1) is 12.1. The highest BCUT2D eigenvalue weighted by molar-refractivity contribution is 7.88. The zero-order chi connectivity index (χ0) is 18.9. The average Bonchev–Trinajstić information content (AvgIpc) is 3.00. The van der Waals surface area contributed by atoms with Crippen LogP contribution >= 0.6 is 0 Å². The molecule has 26 heavy (non-hydrogen) atoms. The Kier molecular flexibility index (Phi) is 4.98. The molecule has 142 valence electrons. The van der Waals surface area contributed by atoms with Crippen LogP contribution in [-0.2, 0) is 29.3 Å². The van der Waals surface area contributed by atoms with Crippen molar-refractivity contribution in [1.29, 1.82) is 0 Å². The number of halogens is 3. The van der Waals surface area contributed by atoms with Gasteiger partial charge in [0.1, 0.15) is 5.82 Å². The fourth-order valence-corrected chi connectivity index (χ4v) is 3.59. The summed E-state index contributed by atoms with van der Waals surface area (Å²) in [4.78, 5) is 1.92. The third kappa shape index (κ3) is 4.55. The molecule has 0 radical (unpaired) electrons. The number of anilines is 1. The summed E-state index contributed by atoms with van der Waals surface area (Å²) in [7, 11) is -3.31. The van der Waals surface area contributed by atoms with Crippen molar-refractivity contribution in [3.05, 3.63) is 47.7 Å². The molecule has 6 nitrogen and oxygen atoms in total. The lowest BCUT2D eigenvalue weighted by Crippen LogP contribution is -2.43. The van der Waals surface area contributed by atoms with Crippen LogP contribution in [0.4, 0.5) is 19.0 Å². The van der Waals surface area contributed by atoms with Crippen molar-refractivity contribution in [2.75, 3.05) is 24.2 Å². The van der Waals surface area contributed by atoms with Gasteiger partial charge in [-0.05, 0) is 17.7 Å². The van der Waals surface area contributed by atoms with Gasteiger partial charge in [-0.25, -0.2) is 17.8 Å². The van der Waals surface area contributed by atoms with E-state index in [1.54, 1.807) is 23.0 Å². The Morgan fingerprint density at radius 1 is 1.27 bits per heavy atom. The van der Waals surface area contributed by atoms with Gasteiger partial charge in [0, 0.05) is 38.2 Å². The summed E-state index contributed by atoms with van der Waals surface area (Å²) in [6.45, 7) is 1.59. The third-order valence-corrected chi connectivity index (χ3v) is 4.88. The van der Waals surface area contributed by atoms with Crippen LogP contribution in [0.5, 0.6) is 0 Å². The van der Waals surface area contributed by atoms with Crippen LogP contribution in [0.2, 0.25) is 0 Å². The van der Waals surface area contributed by atoms with Gasteiger partial charge < -0.3 is 4.90 Å². The SMILES string of the molecule is CS(=O)(=O)NCC1CN(Cc2cccc(C(F)(F)F)c2)c2ccnn2C1. The van der Waals surface area contributed by atoms with Crippen molar-refractivity contribution in [3.63, 3.8) is 0 Å². The van der Waals surface area contributed by atoms with E-state index >= 15 is 0 Å². The standard InChI is InChI=1S/C16H19F3N4O2S/c1-26(24,25)21-8-13-10-22(15-5-6-20-23(15)11-13)9-12-3-2-4-14(7-12)16(17,18)19/h2-7,13,21H,8-11H2,1H3. The number of benzene rings is 1. The molecular weight excluding hydrogens is 369 g/mol. The van der Waals surface area contributed by atoms with E-state index < -0.39 is 21.8 Å². The molecule has 1 aliphatic heterocycles. The number of nitrogens with one attached hydrogen (secondary N) is 1. The van der Waals surface area contributed by atoms with Crippen LogP contribution in [0.25, 0.3) is 0 Å². The fraction of sp³-hybridized carbons (Fsp3) is 0.438. The van der Waals surface area contributed by atoms with Crippen molar-refractivity contribution < 1.29 is 21.6 Å². The Morgan fingerprint density at radius 3 is 2.73 bits per heavy atom. The smallest absolute Gasteiger partial charge is 0.352 e. The highest BCUT2D eigenvalue weighted by Crippen LogP contribution is 2.31. The van der Waals surface area contributed by atoms with E-state index in [0.717, 1.165) is 24.2 Å². The van der Waals surface area contributed by atoms with Gasteiger partial charge >= 0.3 is 6.18 Å². The molecule has 0 spiro atoms. The van der Waals surface area contributed by atoms with Crippen LogP contribution < -0.4 is 9.62 Å². The van der Waals surface area contributed by atoms with E-state index in [1.807, 2.05) is 4.90 Å². The van der Waals surface area contributed by atoms with Crippen LogP contribution in [-0.4, -0.2) is 37.5 Å². The molecule has 0 saturated heterocycles. The van der Waals surface area contributed by atoms with E-state index in [1.165, 1.54) is 6.07 Å². The van der Waals surface area contributed by atoms with Crippen molar-refractivity contribution in [3.8, 4) is 0 Å². The van der Waals surface area contributed by atoms with E-state index in [-0.39, 0.29) is 19.0 Å². The topological polar surface area (TPSA) is 67.2 Å². The molecule has 1 aromatic heterocycles. The zero-order valence-corrected chi connectivity index (χ0v) is 14.9. The van der Waals surface area contributed by atoms with Crippen molar-refractivity contribution in [2.24, 2.45) is 5.92 Å². The Balaban J connectivity index is 1.78. The number of rotatable bonds is 5. The Morgan fingerprint density at radius 2 is 2.04 bits per heavy atom. The summed E-state index contributed by atoms with van der Waals surface area (Å²) in [5, 5.41) is 4.22. The van der Waals surface area contributed by atoms with E-state index in [4.69, 9.17) is 0 Å². The quantitative estimate of drug-likeness (QED) is 0.852. The molecule has 3 rings (SSSR count). The summed E-state index contributed by atoms with van der Waals surface area (Å²) >= 11 is 0. The molecule has 1 N–H and O–H groups in total. The number of fused-ring (bicyclic) bond motifs is 1. The van der Waals surface area contributed by atoms with Crippen LogP contribution in [0, 0.1) is 5.92 Å². The van der Waals surface area contributed by atoms with Gasteiger partial charge in [-0.15, -0.1) is 0 Å². The lowest BCUT2D eigenvalue weighted by Gasteiger charge is -2.35. The van der Waals surface area contributed by atoms with E-state index in [0.29, 0.717) is 18.7 Å². The lowest BCUT2D eigenvalue weighted by atomic mass is 10.1. The predicted octanol–water partition coefficient (Wildman–Crippen LogP) is 2.09. The maximum absolute atomic E-state index is 12.9. The van der Waals surface area contributed by atoms with Crippen LogP contribution in [0.15, 0.2) is 36.5 Å². The van der Waals surface area contributed by atoms with Gasteiger partial charge in [0.15, 0.2) is 0 Å². The molecule has 1 unspecified atom stereocenters. The zero-order valence-electron chi connectivity index (χ0n) is 14.1. The first-order valence-corrected chi connectivity index (χ1v) is 9.88. The van der Waals surface area contributed by atoms with Gasteiger partial charge in [0.2, 0.25) is 10.0 Å². The van der Waals surface area contributed by atoms with Gasteiger partial charge in [0.05, 0.1) is 18.0 Å². The normalized spacial score (nSPS) is 18.0. The Hall–Kier alpha value is -2.07. The molecule has 0 fully saturated rings. The maximum atomic E-state index is 12.9. The predicted molar refractivity (Wildman–Crippen MR) is 91.1 cm³/mol. The number of hydrogen-bond acceptors (Lipinski definition) is 4. The fourth-order valence-electron chi connectivity index (χ4n) is 3.05. The Labute approximate surface area is 149 Å². The van der Waals surface area contributed by atoms with Crippen molar-refractivity contribution in [1.82, 2.24) is 14.5 Å². The minimum atomic E-state index is -4.39. The summed E-state index contributed by atoms with van der Waals surface area (Å²) in [5.74, 6) is 0.765. The average molecular weight is 388 g/mol. The van der Waals surface area contributed by atoms with Gasteiger partial charge in [0.25, 0.3) is 0 Å². The molecule has 1 aromatic carbocycles. The van der Waals surface area contributed by atoms with Gasteiger partial charge in [-0.2, -0.15) is 18.3 Å². The molecule has 0 amide bonds. The first kappa shape index (κ1) is 18.7. The maximum Gasteiger partial charge on any atom is 0.416 e. The van der Waals surface area contributed by atoms with Gasteiger partial charge in [-0.3, -0.25) is 0 Å². The van der Waals surface area contributed by atoms with Gasteiger partial charge in [-0.1, -0.05) is 12.1 Å². The van der Waals surface area contributed by atoms with Crippen LogP contribution in [0.3, 0.4) is 0 Å². The molecule has 1 atom stereocenters. The highest BCUT2D eigenvalue weighted by Gasteiger charge is 2.31. The second kappa shape index (κ2) is 6.92. The molecule has 0 bridgehead atoms. The largest absolute Gasteiger partial charge is 0.416 e. The molecule has 0 aliphatic carbocycles. The summed E-state index contributed by atoms with van der Waals surface area (Å²) in [6.07, 6.45) is -1.67. The lowest BCUT2D eigenvalue weighted by molar-refractivity contribution is -0.137. The monoisotopic (exact) mass is 388 g/mol. The third-order valence-electron chi connectivity index (χ3n) is 4.19. The molecule has 10 heteroatoms. The molecule has 2 heterocycles. The second-order valence-corrected chi connectivity index (χ2v) is 8.27. The molecule has 1 aliphatic rings. The minimum Gasteiger partial charge on any atom is -0.352 e. The van der Waals surface area contributed by atoms with E-state index in [2.05, 4.69) is 9.82 Å². The van der Waals surface area contributed by atoms with Crippen molar-refractivity contribution >= 4 is 15.8 Å². The highest BCUT2D eigenvalue weighted by atomic mass is 32.2.